The Morgan fingerprint density at radius 3 is 2.89 bits per heavy atom. The Kier molecular flexibility index (Phi) is 2.79. The van der Waals surface area contributed by atoms with E-state index in [0.717, 1.165) is 10.9 Å². The summed E-state index contributed by atoms with van der Waals surface area (Å²) in [5.41, 5.74) is 1.14. The molecule has 6 heteroatoms. The second-order valence-corrected chi connectivity index (χ2v) is 4.76. The highest BCUT2D eigenvalue weighted by Gasteiger charge is 2.09. The lowest BCUT2D eigenvalue weighted by Gasteiger charge is -2.04. The van der Waals surface area contributed by atoms with Gasteiger partial charge in [0.1, 0.15) is 10.3 Å². The summed E-state index contributed by atoms with van der Waals surface area (Å²) < 4.78 is 0.0266. The number of rotatable bonds is 1. The van der Waals surface area contributed by atoms with Crippen LogP contribution in [0.5, 0.6) is 5.88 Å². The third-order valence-electron chi connectivity index (χ3n) is 2.72. The van der Waals surface area contributed by atoms with Crippen LogP contribution in [-0.2, 0) is 0 Å². The van der Waals surface area contributed by atoms with Crippen LogP contribution in [0.3, 0.4) is 0 Å². The molecule has 0 amide bonds. The predicted molar refractivity (Wildman–Crippen MR) is 75.0 cm³/mol. The number of halogens is 1. The summed E-state index contributed by atoms with van der Waals surface area (Å²) in [7, 11) is 0. The van der Waals surface area contributed by atoms with Gasteiger partial charge in [0.05, 0.1) is 5.52 Å². The van der Waals surface area contributed by atoms with Crippen LogP contribution in [0.4, 0.5) is 0 Å². The molecule has 2 heterocycles. The van der Waals surface area contributed by atoms with Gasteiger partial charge < -0.3 is 10.1 Å². The van der Waals surface area contributed by atoms with Gasteiger partial charge in [0, 0.05) is 17.1 Å². The van der Waals surface area contributed by atoms with E-state index >= 15 is 0 Å². The molecule has 0 aliphatic heterocycles. The molecule has 19 heavy (non-hydrogen) atoms. The van der Waals surface area contributed by atoms with Crippen molar-refractivity contribution in [2.75, 3.05) is 0 Å². The van der Waals surface area contributed by atoms with E-state index < -0.39 is 5.56 Å². The molecular formula is C13H8BrN3O2. The number of aromatic amines is 1. The minimum atomic E-state index is -0.422. The van der Waals surface area contributed by atoms with E-state index in [9.17, 15) is 9.90 Å². The number of benzene rings is 1. The molecule has 0 radical (unpaired) electrons. The normalized spacial score (nSPS) is 10.8. The Labute approximate surface area is 116 Å². The van der Waals surface area contributed by atoms with Crippen LogP contribution in [-0.4, -0.2) is 20.1 Å². The Hall–Kier alpha value is -2.21. The quantitative estimate of drug-likeness (QED) is 0.722. The topological polar surface area (TPSA) is 78.9 Å². The molecular weight excluding hydrogens is 310 g/mol. The first kappa shape index (κ1) is 11.9. The molecule has 3 aromatic rings. The molecule has 2 N–H and O–H groups in total. The lowest BCUT2D eigenvalue weighted by atomic mass is 10.1. The molecule has 0 aliphatic rings. The zero-order valence-corrected chi connectivity index (χ0v) is 11.2. The number of H-pyrrole nitrogens is 1. The first-order valence-corrected chi connectivity index (χ1v) is 6.28. The van der Waals surface area contributed by atoms with Crippen LogP contribution in [0.25, 0.3) is 22.3 Å². The summed E-state index contributed by atoms with van der Waals surface area (Å²) in [4.78, 5) is 22.3. The molecule has 0 aliphatic carbocycles. The molecule has 0 bridgehead atoms. The minimum Gasteiger partial charge on any atom is -0.492 e. The highest BCUT2D eigenvalue weighted by Crippen LogP contribution is 2.23. The van der Waals surface area contributed by atoms with Crippen molar-refractivity contribution in [2.45, 2.75) is 0 Å². The van der Waals surface area contributed by atoms with E-state index in [2.05, 4.69) is 30.9 Å². The summed E-state index contributed by atoms with van der Waals surface area (Å²) in [6, 6.07) is 9.24. The molecule has 0 saturated carbocycles. The number of nitrogens with zero attached hydrogens (tertiary/aromatic N) is 2. The monoisotopic (exact) mass is 317 g/mol. The Morgan fingerprint density at radius 1 is 1.26 bits per heavy atom. The molecule has 2 aromatic heterocycles. The molecule has 5 nitrogen and oxygen atoms in total. The van der Waals surface area contributed by atoms with Crippen LogP contribution in [0.2, 0.25) is 0 Å². The fourth-order valence-electron chi connectivity index (χ4n) is 1.81. The molecule has 0 spiro atoms. The van der Waals surface area contributed by atoms with E-state index in [0.29, 0.717) is 11.4 Å². The van der Waals surface area contributed by atoms with Crippen molar-refractivity contribution in [3.05, 3.63) is 51.4 Å². The fourth-order valence-corrected chi connectivity index (χ4v) is 1.99. The van der Waals surface area contributed by atoms with Gasteiger partial charge in [0.25, 0.3) is 5.56 Å². The fraction of sp³-hybridized carbons (Fsp3) is 0. The Bertz CT molecular complexity index is 829. The van der Waals surface area contributed by atoms with Crippen LogP contribution < -0.4 is 5.56 Å². The summed E-state index contributed by atoms with van der Waals surface area (Å²) >= 11 is 2.96. The van der Waals surface area contributed by atoms with Crippen molar-refractivity contribution in [3.8, 4) is 17.3 Å². The van der Waals surface area contributed by atoms with Gasteiger partial charge >= 0.3 is 0 Å². The predicted octanol–water partition coefficient (Wildman–Crippen LogP) is 2.45. The van der Waals surface area contributed by atoms with E-state index in [4.69, 9.17) is 0 Å². The Balaban J connectivity index is 2.22. The van der Waals surface area contributed by atoms with Gasteiger partial charge in [-0.2, -0.15) is 4.98 Å². The minimum absolute atomic E-state index is 0.0266. The molecule has 0 fully saturated rings. The molecule has 1 aromatic carbocycles. The molecule has 0 atom stereocenters. The average Bonchev–Trinajstić information content (AvgIpc) is 2.43. The summed E-state index contributed by atoms with van der Waals surface area (Å²) in [6.07, 6.45) is 1.72. The third kappa shape index (κ3) is 2.10. The van der Waals surface area contributed by atoms with Crippen molar-refractivity contribution in [1.82, 2.24) is 15.0 Å². The van der Waals surface area contributed by atoms with Crippen molar-refractivity contribution in [3.63, 3.8) is 0 Å². The number of hydrogen-bond acceptors (Lipinski definition) is 4. The van der Waals surface area contributed by atoms with Gasteiger partial charge in [-0.3, -0.25) is 9.78 Å². The lowest BCUT2D eigenvalue weighted by molar-refractivity contribution is 0.448. The van der Waals surface area contributed by atoms with Crippen LogP contribution >= 0.6 is 15.9 Å². The molecule has 0 unspecified atom stereocenters. The van der Waals surface area contributed by atoms with Gasteiger partial charge in [-0.15, -0.1) is 0 Å². The highest BCUT2D eigenvalue weighted by atomic mass is 79.9. The second-order valence-electron chi connectivity index (χ2n) is 3.96. The Morgan fingerprint density at radius 2 is 2.11 bits per heavy atom. The summed E-state index contributed by atoms with van der Waals surface area (Å²) in [5, 5.41) is 10.5. The maximum Gasteiger partial charge on any atom is 0.269 e. The maximum absolute atomic E-state index is 11.6. The zero-order chi connectivity index (χ0) is 13.4. The van der Waals surface area contributed by atoms with E-state index in [1.54, 1.807) is 12.3 Å². The number of hydrogen-bond donors (Lipinski definition) is 2. The maximum atomic E-state index is 11.6. The summed E-state index contributed by atoms with van der Waals surface area (Å²) in [5.74, 6) is -0.0125. The number of pyridine rings is 1. The van der Waals surface area contributed by atoms with Crippen molar-refractivity contribution < 1.29 is 5.11 Å². The lowest BCUT2D eigenvalue weighted by Crippen LogP contribution is -2.09. The van der Waals surface area contributed by atoms with Crippen molar-refractivity contribution in [2.24, 2.45) is 0 Å². The zero-order valence-electron chi connectivity index (χ0n) is 9.59. The second kappa shape index (κ2) is 4.47. The van der Waals surface area contributed by atoms with E-state index in [1.165, 1.54) is 0 Å². The van der Waals surface area contributed by atoms with Gasteiger partial charge in [-0.05, 0) is 40.2 Å². The number of aromatic nitrogens is 3. The number of fused-ring (bicyclic) bond motifs is 1. The number of nitrogens with one attached hydrogen (secondary N) is 1. The molecule has 94 valence electrons. The number of aromatic hydroxyl groups is 1. The first-order chi connectivity index (χ1) is 9.15. The van der Waals surface area contributed by atoms with Crippen LogP contribution in [0.1, 0.15) is 0 Å². The van der Waals surface area contributed by atoms with Gasteiger partial charge in [0.2, 0.25) is 5.88 Å². The average molecular weight is 318 g/mol. The largest absolute Gasteiger partial charge is 0.492 e. The highest BCUT2D eigenvalue weighted by molar-refractivity contribution is 9.10. The SMILES string of the molecule is O=c1[nH]c(-c2ccc3ncccc3c2)nc(O)c1Br. The van der Waals surface area contributed by atoms with Crippen LogP contribution in [0, 0.1) is 0 Å². The standard InChI is InChI=1S/C13H8BrN3O2/c14-10-12(18)16-11(17-13(10)19)8-3-4-9-7(6-8)2-1-5-15-9/h1-6H,(H2,16,17,18,19). The van der Waals surface area contributed by atoms with Gasteiger partial charge in [-0.1, -0.05) is 6.07 Å². The third-order valence-corrected chi connectivity index (χ3v) is 3.44. The smallest absolute Gasteiger partial charge is 0.269 e. The van der Waals surface area contributed by atoms with Gasteiger partial charge in [-0.25, -0.2) is 0 Å². The van der Waals surface area contributed by atoms with Crippen molar-refractivity contribution >= 4 is 26.8 Å². The molecule has 3 rings (SSSR count). The summed E-state index contributed by atoms with van der Waals surface area (Å²) in [6.45, 7) is 0. The van der Waals surface area contributed by atoms with E-state index in [1.807, 2.05) is 24.3 Å². The van der Waals surface area contributed by atoms with Gasteiger partial charge in [0.15, 0.2) is 0 Å². The van der Waals surface area contributed by atoms with Crippen LogP contribution in [0.15, 0.2) is 45.8 Å². The molecule has 0 saturated heterocycles. The van der Waals surface area contributed by atoms with Crippen molar-refractivity contribution in [1.29, 1.82) is 0 Å². The first-order valence-electron chi connectivity index (χ1n) is 5.49. The van der Waals surface area contributed by atoms with E-state index in [-0.39, 0.29) is 10.4 Å².